The predicted molar refractivity (Wildman–Crippen MR) is 38.9 cm³/mol. The Morgan fingerprint density at radius 1 is 1.55 bits per heavy atom. The molecule has 0 aliphatic carbocycles. The van der Waals surface area contributed by atoms with Gasteiger partial charge >= 0.3 is 0 Å². The number of halogens is 1. The van der Waals surface area contributed by atoms with Crippen molar-refractivity contribution in [1.29, 1.82) is 0 Å². The van der Waals surface area contributed by atoms with Crippen molar-refractivity contribution in [2.45, 2.75) is 4.90 Å². The molecule has 0 spiro atoms. The molecule has 0 saturated carbocycles. The van der Waals surface area contributed by atoms with Crippen LogP contribution in [-0.4, -0.2) is 18.5 Å². The summed E-state index contributed by atoms with van der Waals surface area (Å²) < 4.78 is 21.2. The number of aromatic nitrogens is 1. The molecule has 0 aliphatic heterocycles. The van der Waals surface area contributed by atoms with Crippen LogP contribution in [0.1, 0.15) is 0 Å². The maximum absolute atomic E-state index is 10.6. The molecule has 0 aromatic carbocycles. The molecule has 0 unspecified atom stereocenters. The molecule has 60 valence electrons. The number of rotatable bonds is 1. The minimum atomic E-state index is -3.87. The molecule has 1 rings (SSSR count). The van der Waals surface area contributed by atoms with Crippen molar-refractivity contribution >= 4 is 19.7 Å². The molecular weight excluding hydrogens is 190 g/mol. The van der Waals surface area contributed by atoms with Gasteiger partial charge in [0.15, 0.2) is 0 Å². The normalized spacial score (nSPS) is 11.4. The molecule has 1 heterocycles. The lowest BCUT2D eigenvalue weighted by Crippen LogP contribution is -1.91. The van der Waals surface area contributed by atoms with Gasteiger partial charge in [0, 0.05) is 16.9 Å². The van der Waals surface area contributed by atoms with Crippen molar-refractivity contribution in [2.75, 3.05) is 0 Å². The van der Waals surface area contributed by atoms with Crippen LogP contribution in [0.4, 0.5) is 0 Å². The third kappa shape index (κ3) is 1.81. The average molecular weight is 194 g/mol. The van der Waals surface area contributed by atoms with Crippen LogP contribution in [0.25, 0.3) is 0 Å². The van der Waals surface area contributed by atoms with E-state index in [1.54, 1.807) is 0 Å². The van der Waals surface area contributed by atoms with Gasteiger partial charge in [-0.05, 0) is 6.07 Å². The fourth-order valence-corrected chi connectivity index (χ4v) is 1.42. The standard InChI is InChI=1S/C5H4ClNO3S/c6-11(9,10)5-3-7-2-1-4(5)8/h1-3H,(H,7,8). The number of hydrogen-bond donors (Lipinski definition) is 1. The topological polar surface area (TPSA) is 67.3 Å². The Kier molecular flexibility index (Phi) is 2.01. The fraction of sp³-hybridized carbons (Fsp3) is 0. The summed E-state index contributed by atoms with van der Waals surface area (Å²) in [7, 11) is 1.06. The van der Waals surface area contributed by atoms with Crippen LogP contribution in [0.2, 0.25) is 0 Å². The molecule has 0 aliphatic rings. The van der Waals surface area contributed by atoms with Crippen molar-refractivity contribution in [1.82, 2.24) is 4.98 Å². The lowest BCUT2D eigenvalue weighted by Gasteiger charge is -1.96. The maximum atomic E-state index is 10.6. The van der Waals surface area contributed by atoms with Gasteiger partial charge in [-0.25, -0.2) is 8.42 Å². The first-order valence-electron chi connectivity index (χ1n) is 2.59. The third-order valence-corrected chi connectivity index (χ3v) is 2.36. The van der Waals surface area contributed by atoms with E-state index in [-0.39, 0.29) is 4.90 Å². The zero-order valence-electron chi connectivity index (χ0n) is 5.23. The molecular formula is C5H4ClNO3S. The molecule has 0 radical (unpaired) electrons. The van der Waals surface area contributed by atoms with Gasteiger partial charge in [-0.15, -0.1) is 0 Å². The predicted octanol–water partition coefficient (Wildman–Crippen LogP) is 0.715. The summed E-state index contributed by atoms with van der Waals surface area (Å²) in [5.41, 5.74) is 0. The zero-order chi connectivity index (χ0) is 8.48. The van der Waals surface area contributed by atoms with Gasteiger partial charge in [0.1, 0.15) is 10.6 Å². The summed E-state index contributed by atoms with van der Waals surface area (Å²) in [6.07, 6.45) is 2.25. The van der Waals surface area contributed by atoms with E-state index in [0.29, 0.717) is 0 Å². The van der Waals surface area contributed by atoms with Crippen LogP contribution >= 0.6 is 10.7 Å². The van der Waals surface area contributed by atoms with Gasteiger partial charge in [-0.3, -0.25) is 4.98 Å². The highest BCUT2D eigenvalue weighted by Gasteiger charge is 2.14. The van der Waals surface area contributed by atoms with E-state index < -0.39 is 14.8 Å². The SMILES string of the molecule is O=S(=O)(Cl)c1cnccc1O. The van der Waals surface area contributed by atoms with Crippen molar-refractivity contribution in [3.8, 4) is 5.75 Å². The van der Waals surface area contributed by atoms with E-state index >= 15 is 0 Å². The largest absolute Gasteiger partial charge is 0.506 e. The molecule has 0 atom stereocenters. The molecule has 6 heteroatoms. The Labute approximate surface area is 67.9 Å². The molecule has 1 N–H and O–H groups in total. The Balaban J connectivity index is 3.37. The Bertz CT molecular complexity index is 362. The van der Waals surface area contributed by atoms with E-state index in [2.05, 4.69) is 4.98 Å². The highest BCUT2D eigenvalue weighted by atomic mass is 35.7. The minimum Gasteiger partial charge on any atom is -0.506 e. The van der Waals surface area contributed by atoms with Gasteiger partial charge in [-0.1, -0.05) is 0 Å². The first kappa shape index (κ1) is 8.29. The minimum absolute atomic E-state index is 0.373. The fourth-order valence-electron chi connectivity index (χ4n) is 0.560. The lowest BCUT2D eigenvalue weighted by molar-refractivity contribution is 0.458. The smallest absolute Gasteiger partial charge is 0.266 e. The second kappa shape index (κ2) is 2.67. The van der Waals surface area contributed by atoms with E-state index in [1.165, 1.54) is 6.20 Å². The zero-order valence-corrected chi connectivity index (χ0v) is 6.80. The maximum Gasteiger partial charge on any atom is 0.266 e. The molecule has 0 fully saturated rings. The molecule has 1 aromatic rings. The van der Waals surface area contributed by atoms with Gasteiger partial charge in [0.05, 0.1) is 6.20 Å². The first-order chi connectivity index (χ1) is 5.02. The summed E-state index contributed by atoms with van der Waals surface area (Å²) in [5, 5.41) is 8.94. The van der Waals surface area contributed by atoms with Crippen LogP contribution in [0.5, 0.6) is 5.75 Å². The number of hydrogen-bond acceptors (Lipinski definition) is 4. The molecule has 0 saturated heterocycles. The van der Waals surface area contributed by atoms with Gasteiger partial charge in [0.2, 0.25) is 0 Å². The van der Waals surface area contributed by atoms with Crippen molar-refractivity contribution in [2.24, 2.45) is 0 Å². The van der Waals surface area contributed by atoms with Crippen LogP contribution in [0.15, 0.2) is 23.4 Å². The van der Waals surface area contributed by atoms with Crippen LogP contribution in [-0.2, 0) is 9.05 Å². The highest BCUT2D eigenvalue weighted by molar-refractivity contribution is 8.13. The second-order valence-corrected chi connectivity index (χ2v) is 4.32. The highest BCUT2D eigenvalue weighted by Crippen LogP contribution is 2.23. The summed E-state index contributed by atoms with van der Waals surface area (Å²) in [4.78, 5) is 3.11. The van der Waals surface area contributed by atoms with Crippen molar-refractivity contribution in [3.63, 3.8) is 0 Å². The van der Waals surface area contributed by atoms with Crippen molar-refractivity contribution < 1.29 is 13.5 Å². The van der Waals surface area contributed by atoms with E-state index in [9.17, 15) is 8.42 Å². The van der Waals surface area contributed by atoms with Crippen LogP contribution < -0.4 is 0 Å². The monoisotopic (exact) mass is 193 g/mol. The number of aromatic hydroxyl groups is 1. The lowest BCUT2D eigenvalue weighted by atomic mass is 10.5. The van der Waals surface area contributed by atoms with Crippen molar-refractivity contribution in [3.05, 3.63) is 18.5 Å². The molecule has 4 nitrogen and oxygen atoms in total. The average Bonchev–Trinajstić information content (AvgIpc) is 1.86. The molecule has 0 amide bonds. The van der Waals surface area contributed by atoms with E-state index in [4.69, 9.17) is 15.8 Å². The van der Waals surface area contributed by atoms with Gasteiger partial charge in [0.25, 0.3) is 9.05 Å². The Morgan fingerprint density at radius 3 is 2.55 bits per heavy atom. The van der Waals surface area contributed by atoms with Crippen LogP contribution in [0.3, 0.4) is 0 Å². The summed E-state index contributed by atoms with van der Waals surface area (Å²) in [6, 6.07) is 1.15. The number of pyridine rings is 1. The van der Waals surface area contributed by atoms with E-state index in [1.807, 2.05) is 0 Å². The van der Waals surface area contributed by atoms with Gasteiger partial charge < -0.3 is 5.11 Å². The number of nitrogens with zero attached hydrogens (tertiary/aromatic N) is 1. The van der Waals surface area contributed by atoms with Gasteiger partial charge in [-0.2, -0.15) is 0 Å². The van der Waals surface area contributed by atoms with E-state index in [0.717, 1.165) is 12.3 Å². The molecule has 11 heavy (non-hydrogen) atoms. The second-order valence-electron chi connectivity index (χ2n) is 1.78. The molecule has 0 bridgehead atoms. The summed E-state index contributed by atoms with van der Waals surface area (Å²) >= 11 is 0. The Hall–Kier alpha value is -0.810. The summed E-state index contributed by atoms with van der Waals surface area (Å²) in [6.45, 7) is 0. The first-order valence-corrected chi connectivity index (χ1v) is 4.90. The third-order valence-electron chi connectivity index (χ3n) is 1.03. The molecule has 1 aromatic heterocycles. The Morgan fingerprint density at radius 2 is 2.18 bits per heavy atom. The summed E-state index contributed by atoms with van der Waals surface area (Å²) in [5.74, 6) is -0.394. The van der Waals surface area contributed by atoms with Crippen LogP contribution in [0, 0.1) is 0 Å². The quantitative estimate of drug-likeness (QED) is 0.668.